The third-order valence-electron chi connectivity index (χ3n) is 4.78. The number of aromatic nitrogens is 1. The van der Waals surface area contributed by atoms with Gasteiger partial charge >= 0.3 is 6.18 Å². The Morgan fingerprint density at radius 2 is 1.65 bits per heavy atom. The summed E-state index contributed by atoms with van der Waals surface area (Å²) in [6.45, 7) is 1.67. The number of alkyl halides is 3. The molecular weight excluding hydrogens is 427 g/mol. The smallest absolute Gasteiger partial charge is 0.349 e. The molecule has 9 heteroatoms. The quantitative estimate of drug-likeness (QED) is 0.561. The van der Waals surface area contributed by atoms with E-state index in [0.717, 1.165) is 36.3 Å². The van der Waals surface area contributed by atoms with E-state index in [1.807, 2.05) is 0 Å². The van der Waals surface area contributed by atoms with Gasteiger partial charge in [0.25, 0.3) is 11.8 Å². The van der Waals surface area contributed by atoms with E-state index in [-0.39, 0.29) is 17.9 Å². The molecule has 1 fully saturated rings. The van der Waals surface area contributed by atoms with Crippen molar-refractivity contribution in [2.45, 2.75) is 32.0 Å². The molecule has 0 atom stereocenters. The summed E-state index contributed by atoms with van der Waals surface area (Å²) in [7, 11) is 0. The molecule has 0 saturated heterocycles. The molecular formula is C22H18F3N3O2S. The van der Waals surface area contributed by atoms with Crippen LogP contribution in [0.15, 0.2) is 48.5 Å². The monoisotopic (exact) mass is 445 g/mol. The van der Waals surface area contributed by atoms with E-state index in [2.05, 4.69) is 15.6 Å². The van der Waals surface area contributed by atoms with Crippen LogP contribution in [0.2, 0.25) is 0 Å². The first-order valence-corrected chi connectivity index (χ1v) is 10.4. The van der Waals surface area contributed by atoms with E-state index in [1.54, 1.807) is 31.2 Å². The highest BCUT2D eigenvalue weighted by molar-refractivity contribution is 7.17. The van der Waals surface area contributed by atoms with Crippen LogP contribution in [-0.4, -0.2) is 22.8 Å². The van der Waals surface area contributed by atoms with Gasteiger partial charge in [0.1, 0.15) is 9.88 Å². The van der Waals surface area contributed by atoms with Gasteiger partial charge in [-0.2, -0.15) is 13.2 Å². The Labute approximate surface area is 180 Å². The lowest BCUT2D eigenvalue weighted by molar-refractivity contribution is -0.137. The van der Waals surface area contributed by atoms with Gasteiger partial charge in [0.05, 0.1) is 11.3 Å². The van der Waals surface area contributed by atoms with Crippen LogP contribution in [0.1, 0.15) is 44.1 Å². The number of halogens is 3. The van der Waals surface area contributed by atoms with E-state index in [4.69, 9.17) is 0 Å². The fourth-order valence-corrected chi connectivity index (χ4v) is 3.89. The number of anilines is 1. The van der Waals surface area contributed by atoms with Gasteiger partial charge in [-0.25, -0.2) is 4.98 Å². The van der Waals surface area contributed by atoms with Crippen LogP contribution in [-0.2, 0) is 6.18 Å². The third kappa shape index (κ3) is 4.93. The standard InChI is InChI=1S/C22H18F3N3O2S/c1-12-18(31-21(26-12)14-2-6-15(7-3-14)22(23,24)25)20(30)28-16-8-4-13(5-9-16)19(29)27-17-10-11-17/h2-9,17H,10-11H2,1H3,(H,27,29)(H,28,30). The van der Waals surface area contributed by atoms with Crippen LogP contribution in [0.4, 0.5) is 18.9 Å². The van der Waals surface area contributed by atoms with Crippen molar-refractivity contribution in [1.82, 2.24) is 10.3 Å². The number of hydrogen-bond donors (Lipinski definition) is 2. The predicted octanol–water partition coefficient (Wildman–Crippen LogP) is 5.28. The van der Waals surface area contributed by atoms with Crippen LogP contribution in [0.5, 0.6) is 0 Å². The molecule has 31 heavy (non-hydrogen) atoms. The lowest BCUT2D eigenvalue weighted by Crippen LogP contribution is -2.25. The summed E-state index contributed by atoms with van der Waals surface area (Å²) in [6.07, 6.45) is -2.40. The van der Waals surface area contributed by atoms with E-state index >= 15 is 0 Å². The largest absolute Gasteiger partial charge is 0.416 e. The minimum atomic E-state index is -4.41. The topological polar surface area (TPSA) is 71.1 Å². The van der Waals surface area contributed by atoms with Gasteiger partial charge in [0.2, 0.25) is 0 Å². The number of nitrogens with zero attached hydrogens (tertiary/aromatic N) is 1. The number of thiazole rings is 1. The Hall–Kier alpha value is -3.20. The van der Waals surface area contributed by atoms with Crippen molar-refractivity contribution in [3.05, 3.63) is 70.2 Å². The lowest BCUT2D eigenvalue weighted by Gasteiger charge is -2.06. The van der Waals surface area contributed by atoms with Crippen LogP contribution in [0.25, 0.3) is 10.6 Å². The second-order valence-electron chi connectivity index (χ2n) is 7.29. The number of aryl methyl sites for hydroxylation is 1. The van der Waals surface area contributed by atoms with Crippen LogP contribution >= 0.6 is 11.3 Å². The van der Waals surface area contributed by atoms with E-state index in [1.165, 1.54) is 12.1 Å². The maximum absolute atomic E-state index is 12.7. The highest BCUT2D eigenvalue weighted by Gasteiger charge is 2.30. The summed E-state index contributed by atoms with van der Waals surface area (Å²) in [5.41, 5.74) is 1.29. The van der Waals surface area contributed by atoms with Gasteiger partial charge in [0, 0.05) is 22.9 Å². The molecule has 0 spiro atoms. The van der Waals surface area contributed by atoms with E-state index < -0.39 is 11.7 Å². The molecule has 1 aliphatic rings. The zero-order chi connectivity index (χ0) is 22.2. The second kappa shape index (κ2) is 8.14. The van der Waals surface area contributed by atoms with Crippen molar-refractivity contribution in [2.75, 3.05) is 5.32 Å². The molecule has 1 heterocycles. The average Bonchev–Trinajstić information content (AvgIpc) is 3.46. The average molecular weight is 445 g/mol. The maximum Gasteiger partial charge on any atom is 0.416 e. The number of hydrogen-bond acceptors (Lipinski definition) is 4. The number of carbonyl (C=O) groups is 2. The summed E-state index contributed by atoms with van der Waals surface area (Å²) in [4.78, 5) is 29.4. The van der Waals surface area contributed by atoms with Crippen molar-refractivity contribution >= 4 is 28.8 Å². The lowest BCUT2D eigenvalue weighted by atomic mass is 10.1. The van der Waals surface area contributed by atoms with Crippen molar-refractivity contribution in [3.8, 4) is 10.6 Å². The number of carbonyl (C=O) groups excluding carboxylic acids is 2. The molecule has 2 amide bonds. The number of rotatable bonds is 5. The van der Waals surface area contributed by atoms with Gasteiger partial charge < -0.3 is 10.6 Å². The molecule has 0 radical (unpaired) electrons. The zero-order valence-electron chi connectivity index (χ0n) is 16.4. The Morgan fingerprint density at radius 3 is 2.23 bits per heavy atom. The second-order valence-corrected chi connectivity index (χ2v) is 8.29. The first-order chi connectivity index (χ1) is 14.7. The molecule has 1 aromatic heterocycles. The highest BCUT2D eigenvalue weighted by Crippen LogP contribution is 2.33. The summed E-state index contributed by atoms with van der Waals surface area (Å²) < 4.78 is 38.2. The normalized spacial score (nSPS) is 13.7. The Morgan fingerprint density at radius 1 is 1.00 bits per heavy atom. The van der Waals surface area contributed by atoms with E-state index in [9.17, 15) is 22.8 Å². The molecule has 0 bridgehead atoms. The molecule has 160 valence electrons. The molecule has 1 aliphatic carbocycles. The molecule has 0 unspecified atom stereocenters. The molecule has 4 rings (SSSR count). The first kappa shape index (κ1) is 21.0. The fraction of sp³-hybridized carbons (Fsp3) is 0.227. The van der Waals surface area contributed by atoms with Gasteiger partial charge in [-0.3, -0.25) is 9.59 Å². The Bertz CT molecular complexity index is 1120. The molecule has 2 aromatic carbocycles. The Kier molecular flexibility index (Phi) is 5.53. The van der Waals surface area contributed by atoms with Gasteiger partial charge in [-0.05, 0) is 56.2 Å². The number of benzene rings is 2. The third-order valence-corrected chi connectivity index (χ3v) is 5.98. The summed E-state index contributed by atoms with van der Waals surface area (Å²) in [5, 5.41) is 6.12. The van der Waals surface area contributed by atoms with Crippen LogP contribution in [0, 0.1) is 6.92 Å². The zero-order valence-corrected chi connectivity index (χ0v) is 17.2. The van der Waals surface area contributed by atoms with Gasteiger partial charge in [0.15, 0.2) is 0 Å². The molecule has 5 nitrogen and oxygen atoms in total. The van der Waals surface area contributed by atoms with Crippen molar-refractivity contribution < 1.29 is 22.8 Å². The fourth-order valence-electron chi connectivity index (χ4n) is 2.92. The van der Waals surface area contributed by atoms with Crippen molar-refractivity contribution in [3.63, 3.8) is 0 Å². The summed E-state index contributed by atoms with van der Waals surface area (Å²) >= 11 is 1.11. The van der Waals surface area contributed by atoms with Crippen molar-refractivity contribution in [2.24, 2.45) is 0 Å². The van der Waals surface area contributed by atoms with Crippen LogP contribution < -0.4 is 10.6 Å². The van der Waals surface area contributed by atoms with Gasteiger partial charge in [-0.15, -0.1) is 11.3 Å². The minimum Gasteiger partial charge on any atom is -0.349 e. The Balaban J connectivity index is 1.45. The summed E-state index contributed by atoms with van der Waals surface area (Å²) in [6, 6.07) is 11.5. The number of amides is 2. The first-order valence-electron chi connectivity index (χ1n) is 9.58. The predicted molar refractivity (Wildman–Crippen MR) is 112 cm³/mol. The SMILES string of the molecule is Cc1nc(-c2ccc(C(F)(F)F)cc2)sc1C(=O)Nc1ccc(C(=O)NC2CC2)cc1. The molecule has 2 N–H and O–H groups in total. The van der Waals surface area contributed by atoms with E-state index in [0.29, 0.717) is 32.4 Å². The minimum absolute atomic E-state index is 0.139. The maximum atomic E-state index is 12.7. The highest BCUT2D eigenvalue weighted by atomic mass is 32.1. The van der Waals surface area contributed by atoms with Crippen molar-refractivity contribution in [1.29, 1.82) is 0 Å². The molecule has 1 saturated carbocycles. The number of nitrogens with one attached hydrogen (secondary N) is 2. The van der Waals surface area contributed by atoms with Crippen LogP contribution in [0.3, 0.4) is 0 Å². The molecule has 0 aliphatic heterocycles. The summed E-state index contributed by atoms with van der Waals surface area (Å²) in [5.74, 6) is -0.511. The molecule has 3 aromatic rings. The van der Waals surface area contributed by atoms with Gasteiger partial charge in [-0.1, -0.05) is 12.1 Å².